The molecule has 1 aliphatic rings. The van der Waals surface area contributed by atoms with E-state index in [2.05, 4.69) is 9.88 Å². The molecule has 0 bridgehead atoms. The number of aromatic nitrogens is 1. The van der Waals surface area contributed by atoms with Crippen molar-refractivity contribution in [2.24, 2.45) is 0 Å². The van der Waals surface area contributed by atoms with Gasteiger partial charge in [0.25, 0.3) is 11.7 Å². The van der Waals surface area contributed by atoms with Crippen molar-refractivity contribution in [3.8, 4) is 0 Å². The monoisotopic (exact) mass is 397 g/mol. The predicted octanol–water partition coefficient (Wildman–Crippen LogP) is 4.01. The van der Waals surface area contributed by atoms with Crippen molar-refractivity contribution in [3.05, 3.63) is 58.7 Å². The van der Waals surface area contributed by atoms with Crippen LogP contribution < -0.4 is 0 Å². The number of nitrogens with zero attached hydrogens (tertiary/aromatic N) is 3. The first-order valence-electron chi connectivity index (χ1n) is 8.19. The number of carbonyl (C=O) groups excluding carboxylic acids is 1. The molecule has 2 aromatic rings. The van der Waals surface area contributed by atoms with E-state index in [1.165, 1.54) is 6.20 Å². The van der Waals surface area contributed by atoms with E-state index in [1.807, 2.05) is 24.3 Å². The van der Waals surface area contributed by atoms with Crippen LogP contribution in [0.25, 0.3) is 0 Å². The summed E-state index contributed by atoms with van der Waals surface area (Å²) in [7, 11) is 0. The second-order valence-corrected chi connectivity index (χ2v) is 7.35. The lowest BCUT2D eigenvalue weighted by Gasteiger charge is -2.35. The van der Waals surface area contributed by atoms with Gasteiger partial charge in [-0.2, -0.15) is 8.78 Å². The van der Waals surface area contributed by atoms with Crippen LogP contribution in [0.4, 0.5) is 8.78 Å². The van der Waals surface area contributed by atoms with Gasteiger partial charge in [-0.15, -0.1) is 0 Å². The third kappa shape index (κ3) is 4.93. The van der Waals surface area contributed by atoms with Crippen molar-refractivity contribution in [2.75, 3.05) is 26.2 Å². The fraction of sp³-hybridized carbons (Fsp3) is 0.333. The largest absolute Gasteiger partial charge is 0.336 e. The summed E-state index contributed by atoms with van der Waals surface area (Å²) < 4.78 is 25.3. The highest BCUT2D eigenvalue weighted by Gasteiger charge is 2.25. The zero-order valence-corrected chi connectivity index (χ0v) is 15.5. The molecule has 2 heterocycles. The van der Waals surface area contributed by atoms with Gasteiger partial charge in [-0.25, -0.2) is 4.98 Å². The topological polar surface area (TPSA) is 36.4 Å². The van der Waals surface area contributed by atoms with Crippen LogP contribution in [0.5, 0.6) is 0 Å². The van der Waals surface area contributed by atoms with E-state index in [9.17, 15) is 13.6 Å². The molecule has 1 aromatic heterocycles. The number of alkyl halides is 2. The summed E-state index contributed by atoms with van der Waals surface area (Å²) >= 11 is 6.32. The predicted molar refractivity (Wildman–Crippen MR) is 98.7 cm³/mol. The number of benzene rings is 1. The van der Waals surface area contributed by atoms with Crippen LogP contribution in [0.2, 0.25) is 5.02 Å². The Morgan fingerprint density at radius 3 is 2.65 bits per heavy atom. The smallest absolute Gasteiger partial charge is 0.290 e. The van der Waals surface area contributed by atoms with Gasteiger partial charge in [0.2, 0.25) is 0 Å². The molecule has 0 spiro atoms. The number of hydrogen-bond donors (Lipinski definition) is 0. The lowest BCUT2D eigenvalue weighted by atomic mass is 10.2. The average molecular weight is 398 g/mol. The van der Waals surface area contributed by atoms with E-state index in [-0.39, 0.29) is 16.5 Å². The molecule has 0 radical (unpaired) electrons. The molecule has 1 fully saturated rings. The SMILES string of the molecule is O=C(c1cccnc1SC(F)F)N1CCN(Cc2cccc(Cl)c2)CC1. The number of carbonyl (C=O) groups is 1. The number of hydrogen-bond acceptors (Lipinski definition) is 4. The van der Waals surface area contributed by atoms with E-state index in [1.54, 1.807) is 17.0 Å². The van der Waals surface area contributed by atoms with Crippen molar-refractivity contribution in [3.63, 3.8) is 0 Å². The van der Waals surface area contributed by atoms with Gasteiger partial charge >= 0.3 is 0 Å². The molecule has 138 valence electrons. The van der Waals surface area contributed by atoms with Gasteiger partial charge in [-0.05, 0) is 41.6 Å². The second-order valence-electron chi connectivity index (χ2n) is 5.93. The molecule has 1 saturated heterocycles. The van der Waals surface area contributed by atoms with E-state index in [4.69, 9.17) is 11.6 Å². The zero-order valence-electron chi connectivity index (χ0n) is 13.9. The highest BCUT2D eigenvalue weighted by Crippen LogP contribution is 2.27. The molecule has 0 atom stereocenters. The van der Waals surface area contributed by atoms with Gasteiger partial charge < -0.3 is 4.90 Å². The van der Waals surface area contributed by atoms with Crippen molar-refractivity contribution in [1.29, 1.82) is 0 Å². The lowest BCUT2D eigenvalue weighted by Crippen LogP contribution is -2.48. The summed E-state index contributed by atoms with van der Waals surface area (Å²) in [6, 6.07) is 10.9. The fourth-order valence-electron chi connectivity index (χ4n) is 2.90. The molecule has 1 aliphatic heterocycles. The van der Waals surface area contributed by atoms with Gasteiger partial charge in [-0.1, -0.05) is 23.7 Å². The van der Waals surface area contributed by atoms with Crippen LogP contribution >= 0.6 is 23.4 Å². The maximum absolute atomic E-state index is 12.7. The van der Waals surface area contributed by atoms with Crippen LogP contribution in [-0.2, 0) is 6.54 Å². The van der Waals surface area contributed by atoms with Crippen molar-refractivity contribution >= 4 is 29.3 Å². The van der Waals surface area contributed by atoms with Crippen LogP contribution in [-0.4, -0.2) is 52.6 Å². The Bertz CT molecular complexity index is 770. The highest BCUT2D eigenvalue weighted by molar-refractivity contribution is 7.99. The van der Waals surface area contributed by atoms with Crippen molar-refractivity contribution in [1.82, 2.24) is 14.8 Å². The summed E-state index contributed by atoms with van der Waals surface area (Å²) in [6.45, 7) is 3.30. The minimum Gasteiger partial charge on any atom is -0.336 e. The summed E-state index contributed by atoms with van der Waals surface area (Å²) in [4.78, 5) is 20.6. The molecule has 0 saturated carbocycles. The standard InChI is InChI=1S/C18H18ClF2N3OS/c19-14-4-1-3-13(11-14)12-23-7-9-24(10-8-23)17(25)15-5-2-6-22-16(15)26-18(20)21/h1-6,11,18H,7-10,12H2. The molecule has 0 N–H and O–H groups in total. The van der Waals surface area contributed by atoms with Gasteiger partial charge in [0.15, 0.2) is 0 Å². The molecule has 1 amide bonds. The molecular formula is C18H18ClF2N3OS. The third-order valence-electron chi connectivity index (χ3n) is 4.16. The van der Waals surface area contributed by atoms with E-state index >= 15 is 0 Å². The Labute approximate surface area is 160 Å². The molecule has 8 heteroatoms. The van der Waals surface area contributed by atoms with Gasteiger partial charge in [0.05, 0.1) is 5.56 Å². The van der Waals surface area contributed by atoms with Crippen molar-refractivity contribution < 1.29 is 13.6 Å². The molecule has 3 rings (SSSR count). The minimum atomic E-state index is -2.61. The number of amides is 1. The molecular weight excluding hydrogens is 380 g/mol. The van der Waals surface area contributed by atoms with E-state index in [0.717, 1.165) is 25.2 Å². The Morgan fingerprint density at radius 2 is 1.96 bits per heavy atom. The van der Waals surface area contributed by atoms with Gasteiger partial charge in [0.1, 0.15) is 5.03 Å². The molecule has 1 aromatic carbocycles. The van der Waals surface area contributed by atoms with E-state index in [0.29, 0.717) is 29.9 Å². The number of halogens is 3. The fourth-order valence-corrected chi connectivity index (χ4v) is 3.69. The first-order chi connectivity index (χ1) is 12.5. The van der Waals surface area contributed by atoms with Gasteiger partial charge in [-0.3, -0.25) is 9.69 Å². The van der Waals surface area contributed by atoms with Crippen molar-refractivity contribution in [2.45, 2.75) is 17.3 Å². The Hall–Kier alpha value is -1.70. The van der Waals surface area contributed by atoms with E-state index < -0.39 is 5.76 Å². The highest BCUT2D eigenvalue weighted by atomic mass is 35.5. The third-order valence-corrected chi connectivity index (χ3v) is 5.12. The summed E-state index contributed by atoms with van der Waals surface area (Å²) in [5.74, 6) is -2.85. The first kappa shape index (κ1) is 19.1. The molecule has 0 unspecified atom stereocenters. The number of piperazine rings is 1. The zero-order chi connectivity index (χ0) is 18.5. The number of pyridine rings is 1. The normalized spacial score (nSPS) is 15.5. The number of thioether (sulfide) groups is 1. The van der Waals surface area contributed by atoms with Crippen LogP contribution in [0.1, 0.15) is 15.9 Å². The van der Waals surface area contributed by atoms with Crippen LogP contribution in [0.15, 0.2) is 47.6 Å². The first-order valence-corrected chi connectivity index (χ1v) is 9.44. The molecule has 26 heavy (non-hydrogen) atoms. The quantitative estimate of drug-likeness (QED) is 0.714. The summed E-state index contributed by atoms with van der Waals surface area (Å²) in [5.41, 5.74) is 1.36. The average Bonchev–Trinajstić information content (AvgIpc) is 2.62. The Kier molecular flexibility index (Phi) is 6.45. The maximum atomic E-state index is 12.7. The Balaban J connectivity index is 1.60. The summed E-state index contributed by atoms with van der Waals surface area (Å²) in [6.07, 6.45) is 1.42. The molecule has 4 nitrogen and oxygen atoms in total. The molecule has 0 aliphatic carbocycles. The van der Waals surface area contributed by atoms with Gasteiger partial charge in [0, 0.05) is 43.9 Å². The lowest BCUT2D eigenvalue weighted by molar-refractivity contribution is 0.0624. The van der Waals surface area contributed by atoms with Crippen LogP contribution in [0.3, 0.4) is 0 Å². The second kappa shape index (κ2) is 8.79. The Morgan fingerprint density at radius 1 is 1.19 bits per heavy atom. The van der Waals surface area contributed by atoms with Crippen LogP contribution in [0, 0.1) is 0 Å². The maximum Gasteiger partial charge on any atom is 0.290 e. The number of rotatable bonds is 5. The minimum absolute atomic E-state index is 0.0776. The summed E-state index contributed by atoms with van der Waals surface area (Å²) in [5, 5.41) is 0.783.